The first-order valence-electron chi connectivity index (χ1n) is 8.86. The third-order valence-electron chi connectivity index (χ3n) is 4.28. The van der Waals surface area contributed by atoms with Crippen LogP contribution in [-0.2, 0) is 10.0 Å². The van der Waals surface area contributed by atoms with Crippen molar-refractivity contribution < 1.29 is 17.6 Å². The van der Waals surface area contributed by atoms with E-state index in [4.69, 9.17) is 4.42 Å². The SMILES string of the molecule is CCN(CC)S(=O)(=O)c1cccc(C(=O)Nc2cccc(-c3cnco3)c2)c1. The number of benzene rings is 2. The van der Waals surface area contributed by atoms with Crippen molar-refractivity contribution in [2.45, 2.75) is 18.7 Å². The van der Waals surface area contributed by atoms with Crippen LogP contribution in [0.15, 0.2) is 70.4 Å². The van der Waals surface area contributed by atoms with Crippen molar-refractivity contribution in [2.75, 3.05) is 18.4 Å². The number of nitrogens with zero attached hydrogens (tertiary/aromatic N) is 2. The first kappa shape index (κ1) is 19.8. The maximum absolute atomic E-state index is 12.7. The van der Waals surface area contributed by atoms with Gasteiger partial charge in [0.2, 0.25) is 10.0 Å². The van der Waals surface area contributed by atoms with Crippen molar-refractivity contribution in [1.82, 2.24) is 9.29 Å². The Bertz CT molecular complexity index is 1060. The number of sulfonamides is 1. The molecule has 0 spiro atoms. The van der Waals surface area contributed by atoms with Gasteiger partial charge >= 0.3 is 0 Å². The van der Waals surface area contributed by atoms with Gasteiger partial charge in [0.25, 0.3) is 5.91 Å². The summed E-state index contributed by atoms with van der Waals surface area (Å²) in [4.78, 5) is 16.6. The highest BCUT2D eigenvalue weighted by Crippen LogP contribution is 2.23. The number of hydrogen-bond acceptors (Lipinski definition) is 5. The van der Waals surface area contributed by atoms with Gasteiger partial charge < -0.3 is 9.73 Å². The largest absolute Gasteiger partial charge is 0.444 e. The number of oxazole rings is 1. The lowest BCUT2D eigenvalue weighted by Crippen LogP contribution is -2.30. The van der Waals surface area contributed by atoms with Gasteiger partial charge in [-0.2, -0.15) is 4.31 Å². The molecule has 3 aromatic rings. The molecular weight excluding hydrogens is 378 g/mol. The predicted octanol–water partition coefficient (Wildman–Crippen LogP) is 3.62. The van der Waals surface area contributed by atoms with Crippen molar-refractivity contribution in [3.05, 3.63) is 66.7 Å². The van der Waals surface area contributed by atoms with Crippen molar-refractivity contribution in [2.24, 2.45) is 0 Å². The number of amides is 1. The molecule has 146 valence electrons. The van der Waals surface area contributed by atoms with Gasteiger partial charge in [-0.15, -0.1) is 0 Å². The van der Waals surface area contributed by atoms with E-state index in [1.54, 1.807) is 50.4 Å². The number of rotatable bonds is 7. The van der Waals surface area contributed by atoms with Crippen LogP contribution in [0.5, 0.6) is 0 Å². The standard InChI is InChI=1S/C20H21N3O4S/c1-3-23(4-2)28(25,26)18-10-6-8-16(12-18)20(24)22-17-9-5-7-15(11-17)19-13-21-14-27-19/h5-14H,3-4H2,1-2H3,(H,22,24). The summed E-state index contributed by atoms with van der Waals surface area (Å²) in [6, 6.07) is 13.2. The molecule has 1 amide bonds. The topological polar surface area (TPSA) is 92.5 Å². The first-order chi connectivity index (χ1) is 13.5. The highest BCUT2D eigenvalue weighted by Gasteiger charge is 2.22. The number of aromatic nitrogens is 1. The molecule has 0 fully saturated rings. The average Bonchev–Trinajstić information content (AvgIpc) is 3.24. The van der Waals surface area contributed by atoms with Crippen molar-refractivity contribution >= 4 is 21.6 Å². The fourth-order valence-electron chi connectivity index (χ4n) is 2.82. The summed E-state index contributed by atoms with van der Waals surface area (Å²) in [5.74, 6) is 0.190. The first-order valence-corrected chi connectivity index (χ1v) is 10.3. The van der Waals surface area contributed by atoms with Gasteiger partial charge in [0.05, 0.1) is 11.1 Å². The van der Waals surface area contributed by atoms with Crippen LogP contribution in [0, 0.1) is 0 Å². The van der Waals surface area contributed by atoms with E-state index in [1.807, 2.05) is 6.07 Å². The highest BCUT2D eigenvalue weighted by atomic mass is 32.2. The number of nitrogens with one attached hydrogen (secondary N) is 1. The van der Waals surface area contributed by atoms with E-state index in [-0.39, 0.29) is 10.5 Å². The molecule has 1 heterocycles. The van der Waals surface area contributed by atoms with Crippen LogP contribution < -0.4 is 5.32 Å². The highest BCUT2D eigenvalue weighted by molar-refractivity contribution is 7.89. The van der Waals surface area contributed by atoms with Crippen LogP contribution in [-0.4, -0.2) is 36.7 Å². The lowest BCUT2D eigenvalue weighted by Gasteiger charge is -2.18. The Morgan fingerprint density at radius 2 is 1.86 bits per heavy atom. The van der Waals surface area contributed by atoms with Gasteiger partial charge in [-0.3, -0.25) is 4.79 Å². The zero-order valence-electron chi connectivity index (χ0n) is 15.6. The molecule has 1 aromatic heterocycles. The van der Waals surface area contributed by atoms with Gasteiger partial charge in [0, 0.05) is 29.9 Å². The van der Waals surface area contributed by atoms with Crippen LogP contribution in [0.2, 0.25) is 0 Å². The molecule has 0 aliphatic heterocycles. The zero-order valence-corrected chi connectivity index (χ0v) is 16.4. The van der Waals surface area contributed by atoms with E-state index in [9.17, 15) is 13.2 Å². The zero-order chi connectivity index (χ0) is 20.1. The molecule has 0 saturated carbocycles. The second-order valence-electron chi connectivity index (χ2n) is 6.02. The van der Waals surface area contributed by atoms with Crippen LogP contribution in [0.25, 0.3) is 11.3 Å². The summed E-state index contributed by atoms with van der Waals surface area (Å²) >= 11 is 0. The van der Waals surface area contributed by atoms with E-state index >= 15 is 0 Å². The molecule has 0 atom stereocenters. The van der Waals surface area contributed by atoms with E-state index < -0.39 is 15.9 Å². The molecule has 0 unspecified atom stereocenters. The van der Waals surface area contributed by atoms with E-state index in [0.29, 0.717) is 24.5 Å². The quantitative estimate of drug-likeness (QED) is 0.655. The van der Waals surface area contributed by atoms with Crippen molar-refractivity contribution in [3.8, 4) is 11.3 Å². The maximum Gasteiger partial charge on any atom is 0.255 e. The fourth-order valence-corrected chi connectivity index (χ4v) is 4.33. The van der Waals surface area contributed by atoms with E-state index in [0.717, 1.165) is 5.56 Å². The molecule has 2 aromatic carbocycles. The predicted molar refractivity (Wildman–Crippen MR) is 106 cm³/mol. The van der Waals surface area contributed by atoms with Crippen LogP contribution in [0.1, 0.15) is 24.2 Å². The third kappa shape index (κ3) is 4.13. The van der Waals surface area contributed by atoms with E-state index in [2.05, 4.69) is 10.3 Å². The molecule has 8 heteroatoms. The normalized spacial score (nSPS) is 11.5. The van der Waals surface area contributed by atoms with Gasteiger partial charge in [0.15, 0.2) is 12.2 Å². The summed E-state index contributed by atoms with van der Waals surface area (Å²) < 4.78 is 32.0. The van der Waals surface area contributed by atoms with Crippen molar-refractivity contribution in [3.63, 3.8) is 0 Å². The summed E-state index contributed by atoms with van der Waals surface area (Å²) in [6.07, 6.45) is 2.92. The lowest BCUT2D eigenvalue weighted by molar-refractivity contribution is 0.102. The minimum absolute atomic E-state index is 0.0965. The number of anilines is 1. The smallest absolute Gasteiger partial charge is 0.255 e. The molecule has 28 heavy (non-hydrogen) atoms. The molecule has 0 saturated heterocycles. The lowest BCUT2D eigenvalue weighted by atomic mass is 10.1. The Balaban J connectivity index is 1.83. The number of carbonyl (C=O) groups is 1. The van der Waals surface area contributed by atoms with Gasteiger partial charge in [-0.25, -0.2) is 13.4 Å². The number of carbonyl (C=O) groups excluding carboxylic acids is 1. The van der Waals surface area contributed by atoms with Gasteiger partial charge in [0.1, 0.15) is 0 Å². The van der Waals surface area contributed by atoms with Crippen LogP contribution in [0.3, 0.4) is 0 Å². The monoisotopic (exact) mass is 399 g/mol. The molecular formula is C20H21N3O4S. The van der Waals surface area contributed by atoms with Gasteiger partial charge in [-0.1, -0.05) is 32.0 Å². The molecule has 0 aliphatic rings. The third-order valence-corrected chi connectivity index (χ3v) is 6.32. The minimum atomic E-state index is -3.63. The number of hydrogen-bond donors (Lipinski definition) is 1. The second kappa shape index (κ2) is 8.37. The molecule has 0 bridgehead atoms. The Labute approximate surface area is 164 Å². The van der Waals surface area contributed by atoms with Crippen LogP contribution >= 0.6 is 0 Å². The molecule has 0 aliphatic carbocycles. The Kier molecular flexibility index (Phi) is 5.91. The Morgan fingerprint density at radius 3 is 2.54 bits per heavy atom. The van der Waals surface area contributed by atoms with Gasteiger partial charge in [-0.05, 0) is 30.3 Å². The summed E-state index contributed by atoms with van der Waals surface area (Å²) in [5, 5.41) is 2.79. The molecule has 0 radical (unpaired) electrons. The average molecular weight is 399 g/mol. The summed E-state index contributed by atoms with van der Waals surface area (Å²) in [5.41, 5.74) is 1.60. The van der Waals surface area contributed by atoms with E-state index in [1.165, 1.54) is 22.8 Å². The Morgan fingerprint density at radius 1 is 1.11 bits per heavy atom. The van der Waals surface area contributed by atoms with Crippen molar-refractivity contribution in [1.29, 1.82) is 0 Å². The Hall–Kier alpha value is -2.97. The summed E-state index contributed by atoms with van der Waals surface area (Å²) in [7, 11) is -3.63. The fraction of sp³-hybridized carbons (Fsp3) is 0.200. The summed E-state index contributed by atoms with van der Waals surface area (Å²) in [6.45, 7) is 4.28. The second-order valence-corrected chi connectivity index (χ2v) is 7.96. The minimum Gasteiger partial charge on any atom is -0.444 e. The molecule has 3 rings (SSSR count). The van der Waals surface area contributed by atoms with Crippen LogP contribution in [0.4, 0.5) is 5.69 Å². The maximum atomic E-state index is 12.7. The molecule has 1 N–H and O–H groups in total. The molecule has 7 nitrogen and oxygen atoms in total.